The molecule has 0 heterocycles. The van der Waals surface area contributed by atoms with Crippen LogP contribution in [-0.4, -0.2) is 45.3 Å². The number of nitrogens with zero attached hydrogens (tertiary/aromatic N) is 1. The zero-order chi connectivity index (χ0) is 17.0. The molecule has 11 heteroatoms. The number of esters is 1. The van der Waals surface area contributed by atoms with Gasteiger partial charge in [-0.15, -0.1) is 0 Å². The van der Waals surface area contributed by atoms with Crippen LogP contribution in [0.4, 0.5) is 18.9 Å². The lowest BCUT2D eigenvalue weighted by Crippen LogP contribution is -2.31. The summed E-state index contributed by atoms with van der Waals surface area (Å²) in [5, 5.41) is 0. The minimum Gasteiger partial charge on any atom is -0.456 e. The molecule has 1 aromatic rings. The number of nitrogens with two attached hydrogens (primary N) is 1. The van der Waals surface area contributed by atoms with Gasteiger partial charge in [0.2, 0.25) is 0 Å². The Hall–Kier alpha value is -1.85. The fourth-order valence-corrected chi connectivity index (χ4v) is 2.23. The highest BCUT2D eigenvalue weighted by molar-refractivity contribution is 7.89. The van der Waals surface area contributed by atoms with Gasteiger partial charge in [0.1, 0.15) is 13.2 Å². The third-order valence-corrected chi connectivity index (χ3v) is 3.99. The van der Waals surface area contributed by atoms with E-state index in [9.17, 15) is 26.4 Å². The third kappa shape index (κ3) is 4.86. The zero-order valence-electron chi connectivity index (χ0n) is 11.3. The summed E-state index contributed by atoms with van der Waals surface area (Å²) in [6, 6.07) is 5.22. The number of sulfonamides is 1. The Morgan fingerprint density at radius 1 is 1.23 bits per heavy atom. The van der Waals surface area contributed by atoms with Gasteiger partial charge in [-0.05, 0) is 24.3 Å². The number of carbonyl (C=O) groups excluding carboxylic acids is 1. The zero-order valence-corrected chi connectivity index (χ0v) is 12.1. The molecule has 0 atom stereocenters. The molecule has 0 aliphatic rings. The molecule has 0 radical (unpaired) electrons. The van der Waals surface area contributed by atoms with Crippen LogP contribution in [0, 0.1) is 0 Å². The van der Waals surface area contributed by atoms with E-state index >= 15 is 0 Å². The largest absolute Gasteiger partial charge is 0.490 e. The molecule has 0 saturated carbocycles. The Kier molecular flexibility index (Phi) is 5.74. The van der Waals surface area contributed by atoms with Gasteiger partial charge in [-0.3, -0.25) is 4.84 Å². The van der Waals surface area contributed by atoms with E-state index < -0.39 is 35.4 Å². The molecule has 0 spiro atoms. The molecular weight excluding hydrogens is 329 g/mol. The molecule has 0 aromatic heterocycles. The van der Waals surface area contributed by atoms with Crippen LogP contribution in [0.5, 0.6) is 0 Å². The van der Waals surface area contributed by atoms with Crippen molar-refractivity contribution in [3.05, 3.63) is 24.3 Å². The van der Waals surface area contributed by atoms with Crippen molar-refractivity contribution < 1.29 is 36.0 Å². The van der Waals surface area contributed by atoms with Gasteiger partial charge < -0.3 is 10.5 Å². The average Bonchev–Trinajstić information content (AvgIpc) is 2.42. The number of hydrogen-bond donors (Lipinski definition) is 1. The van der Waals surface area contributed by atoms with Gasteiger partial charge in [-0.2, -0.15) is 13.2 Å². The molecule has 0 aliphatic heterocycles. The number of nitrogen functional groups attached to an aromatic ring is 1. The standard InChI is InChI=1S/C11H13F3N2O5S/c1-16(21-7-6-20-10(17)11(12,13)14)22(18,19)9-4-2-8(15)3-5-9/h2-5H,6-7,15H2,1H3. The molecule has 0 amide bonds. The number of rotatable bonds is 6. The van der Waals surface area contributed by atoms with Crippen molar-refractivity contribution in [2.45, 2.75) is 11.1 Å². The highest BCUT2D eigenvalue weighted by Crippen LogP contribution is 2.17. The van der Waals surface area contributed by atoms with Gasteiger partial charge in [-0.1, -0.05) is 4.47 Å². The molecule has 0 aliphatic carbocycles. The smallest absolute Gasteiger partial charge is 0.456 e. The fraction of sp³-hybridized carbons (Fsp3) is 0.364. The van der Waals surface area contributed by atoms with Crippen molar-refractivity contribution in [2.24, 2.45) is 0 Å². The predicted molar refractivity (Wildman–Crippen MR) is 68.8 cm³/mol. The van der Waals surface area contributed by atoms with E-state index in [2.05, 4.69) is 4.74 Å². The van der Waals surface area contributed by atoms with Crippen molar-refractivity contribution in [3.8, 4) is 0 Å². The second-order valence-electron chi connectivity index (χ2n) is 3.95. The molecule has 2 N–H and O–H groups in total. The van der Waals surface area contributed by atoms with E-state index in [0.717, 1.165) is 7.05 Å². The Morgan fingerprint density at radius 2 is 1.77 bits per heavy atom. The molecule has 0 unspecified atom stereocenters. The van der Waals surface area contributed by atoms with E-state index in [0.29, 0.717) is 10.2 Å². The number of halogens is 3. The summed E-state index contributed by atoms with van der Waals surface area (Å²) in [5.41, 5.74) is 5.79. The molecule has 0 fully saturated rings. The summed E-state index contributed by atoms with van der Waals surface area (Å²) in [4.78, 5) is 15.0. The van der Waals surface area contributed by atoms with Crippen molar-refractivity contribution in [3.63, 3.8) is 0 Å². The van der Waals surface area contributed by atoms with Crippen LogP contribution in [0.1, 0.15) is 0 Å². The molecule has 22 heavy (non-hydrogen) atoms. The maximum absolute atomic E-state index is 12.0. The van der Waals surface area contributed by atoms with Crippen LogP contribution < -0.4 is 5.73 Å². The van der Waals surface area contributed by atoms with Gasteiger partial charge in [0, 0.05) is 12.7 Å². The van der Waals surface area contributed by atoms with Gasteiger partial charge in [-0.25, -0.2) is 13.2 Å². The van der Waals surface area contributed by atoms with Crippen LogP contribution in [0.3, 0.4) is 0 Å². The number of alkyl halides is 3. The first kappa shape index (κ1) is 18.2. The van der Waals surface area contributed by atoms with Crippen LogP contribution in [-0.2, 0) is 24.4 Å². The van der Waals surface area contributed by atoms with Crippen LogP contribution in [0.2, 0.25) is 0 Å². The maximum atomic E-state index is 12.0. The molecule has 0 saturated heterocycles. The van der Waals surface area contributed by atoms with Crippen LogP contribution in [0.15, 0.2) is 29.2 Å². The van der Waals surface area contributed by atoms with E-state index in [-0.39, 0.29) is 4.90 Å². The number of hydrogen-bond acceptors (Lipinski definition) is 6. The highest BCUT2D eigenvalue weighted by Gasteiger charge is 2.40. The quantitative estimate of drug-likeness (QED) is 0.357. The third-order valence-electron chi connectivity index (χ3n) is 2.34. The first-order valence-corrected chi connectivity index (χ1v) is 7.20. The van der Waals surface area contributed by atoms with Crippen LogP contribution in [0.25, 0.3) is 0 Å². The average molecular weight is 342 g/mol. The first-order valence-electron chi connectivity index (χ1n) is 5.76. The lowest BCUT2D eigenvalue weighted by molar-refractivity contribution is -0.202. The molecule has 0 bridgehead atoms. The Labute approximate surface area is 124 Å². The van der Waals surface area contributed by atoms with E-state index in [1.807, 2.05) is 0 Å². The van der Waals surface area contributed by atoms with Crippen molar-refractivity contribution in [1.82, 2.24) is 4.47 Å². The van der Waals surface area contributed by atoms with Gasteiger partial charge >= 0.3 is 12.1 Å². The number of anilines is 1. The lowest BCUT2D eigenvalue weighted by Gasteiger charge is -2.17. The van der Waals surface area contributed by atoms with Gasteiger partial charge in [0.25, 0.3) is 10.0 Å². The summed E-state index contributed by atoms with van der Waals surface area (Å²) in [7, 11) is -2.94. The molecule has 1 rings (SSSR count). The predicted octanol–water partition coefficient (Wildman–Crippen LogP) is 0.926. The summed E-state index contributed by atoms with van der Waals surface area (Å²) < 4.78 is 63.9. The van der Waals surface area contributed by atoms with Crippen molar-refractivity contribution in [1.29, 1.82) is 0 Å². The number of hydroxylamine groups is 1. The number of carbonyl (C=O) groups is 1. The van der Waals surface area contributed by atoms with Gasteiger partial charge in [0.15, 0.2) is 0 Å². The topological polar surface area (TPSA) is 98.9 Å². The number of ether oxygens (including phenoxy) is 1. The van der Waals surface area contributed by atoms with Crippen LogP contribution >= 0.6 is 0 Å². The fourth-order valence-electron chi connectivity index (χ4n) is 1.24. The maximum Gasteiger partial charge on any atom is 0.490 e. The minimum atomic E-state index is -5.11. The van der Waals surface area contributed by atoms with Crippen molar-refractivity contribution >= 4 is 21.7 Å². The Balaban J connectivity index is 2.53. The second-order valence-corrected chi connectivity index (χ2v) is 5.89. The summed E-state index contributed by atoms with van der Waals surface area (Å²) >= 11 is 0. The van der Waals surface area contributed by atoms with E-state index in [4.69, 9.17) is 10.6 Å². The monoisotopic (exact) mass is 342 g/mol. The minimum absolute atomic E-state index is 0.114. The molecule has 124 valence electrons. The lowest BCUT2D eigenvalue weighted by atomic mass is 10.3. The van der Waals surface area contributed by atoms with E-state index in [1.165, 1.54) is 24.3 Å². The summed E-state index contributed by atoms with van der Waals surface area (Å²) in [6.07, 6.45) is -5.11. The van der Waals surface area contributed by atoms with Crippen molar-refractivity contribution in [2.75, 3.05) is 26.0 Å². The SMILES string of the molecule is CN(OCCOC(=O)C(F)(F)F)S(=O)(=O)c1ccc(N)cc1. The molecule has 1 aromatic carbocycles. The van der Waals surface area contributed by atoms with Gasteiger partial charge in [0.05, 0.1) is 4.90 Å². The molecule has 7 nitrogen and oxygen atoms in total. The summed E-state index contributed by atoms with van der Waals surface area (Å²) in [6.45, 7) is -1.31. The second kappa shape index (κ2) is 6.94. The number of benzene rings is 1. The highest BCUT2D eigenvalue weighted by atomic mass is 32.2. The Morgan fingerprint density at radius 3 is 2.27 bits per heavy atom. The first-order chi connectivity index (χ1) is 10.0. The Bertz CT molecular complexity index is 616. The normalized spacial score (nSPS) is 12.4. The molecular formula is C11H13F3N2O5S. The van der Waals surface area contributed by atoms with E-state index in [1.54, 1.807) is 0 Å². The summed E-state index contributed by atoms with van der Waals surface area (Å²) in [5.74, 6) is -2.37.